The van der Waals surface area contributed by atoms with Crippen molar-refractivity contribution in [2.45, 2.75) is 68.9 Å². The van der Waals surface area contributed by atoms with E-state index in [0.29, 0.717) is 36.4 Å². The van der Waals surface area contributed by atoms with Crippen LogP contribution in [0.25, 0.3) is 11.0 Å². The summed E-state index contributed by atoms with van der Waals surface area (Å²) in [6.45, 7) is 14.2. The van der Waals surface area contributed by atoms with E-state index in [9.17, 15) is 14.7 Å². The lowest BCUT2D eigenvalue weighted by Gasteiger charge is -2.40. The molecule has 3 aliphatic rings. The van der Waals surface area contributed by atoms with Gasteiger partial charge in [0.1, 0.15) is 29.6 Å². The van der Waals surface area contributed by atoms with Crippen molar-refractivity contribution < 1.29 is 29.0 Å². The average molecular weight is 750 g/mol. The van der Waals surface area contributed by atoms with Crippen LogP contribution in [0, 0.1) is 17.8 Å². The number of fused-ring (bicyclic) bond motifs is 2. The zero-order valence-electron chi connectivity index (χ0n) is 28.7. The lowest BCUT2D eigenvalue weighted by atomic mass is 9.70. The number of aliphatic hydroxyl groups excluding tert-OH is 1. The number of anilines is 1. The highest BCUT2D eigenvalue weighted by atomic mass is 79.9. The van der Waals surface area contributed by atoms with Crippen LogP contribution in [0.4, 0.5) is 5.69 Å². The summed E-state index contributed by atoms with van der Waals surface area (Å²) in [6, 6.07) is 12.9. The first kappa shape index (κ1) is 35.7. The molecule has 1 aromatic heterocycles. The van der Waals surface area contributed by atoms with Crippen molar-refractivity contribution in [3.63, 3.8) is 0 Å². The number of hydrogen-bond donors (Lipinski definition) is 1. The van der Waals surface area contributed by atoms with Crippen LogP contribution in [0.3, 0.4) is 0 Å². The topological polar surface area (TPSA) is 130 Å². The molecule has 3 fully saturated rings. The van der Waals surface area contributed by atoms with Gasteiger partial charge in [-0.05, 0) is 55.7 Å². The summed E-state index contributed by atoms with van der Waals surface area (Å²) in [5.41, 5.74) is 0.737. The first-order chi connectivity index (χ1) is 24.1. The highest BCUT2D eigenvalue weighted by molar-refractivity contribution is 9.09. The molecule has 3 amide bonds. The maximum atomic E-state index is 15.1. The Morgan fingerprint density at radius 2 is 1.86 bits per heavy atom. The fourth-order valence-corrected chi connectivity index (χ4v) is 8.99. The molecule has 1 N–H and O–H groups in total. The molecule has 3 unspecified atom stereocenters. The third-order valence-corrected chi connectivity index (χ3v) is 11.4. The number of para-hydroxylation sites is 1. The van der Waals surface area contributed by atoms with Gasteiger partial charge in [0.15, 0.2) is 0 Å². The summed E-state index contributed by atoms with van der Waals surface area (Å²) >= 11 is 3.79. The predicted octanol–water partition coefficient (Wildman–Crippen LogP) is 4.18. The van der Waals surface area contributed by atoms with E-state index in [1.54, 1.807) is 38.8 Å². The molecule has 0 aliphatic carbocycles. The molecule has 8 atom stereocenters. The molecular formula is C37H45BrN6O6. The molecule has 266 valence electrons. The molecule has 0 radical (unpaired) electrons. The Morgan fingerprint density at radius 3 is 2.52 bits per heavy atom. The van der Waals surface area contributed by atoms with Crippen molar-refractivity contribution >= 4 is 50.4 Å². The molecule has 4 heterocycles. The minimum absolute atomic E-state index is 0.0478. The van der Waals surface area contributed by atoms with Crippen LogP contribution in [0.2, 0.25) is 0 Å². The molecular weight excluding hydrogens is 704 g/mol. The monoisotopic (exact) mass is 748 g/mol. The number of nitrogens with zero attached hydrogens (tertiary/aromatic N) is 6. The van der Waals surface area contributed by atoms with E-state index < -0.39 is 35.6 Å². The summed E-state index contributed by atoms with van der Waals surface area (Å²) < 4.78 is 14.1. The molecule has 6 rings (SSSR count). The number of hydrogen-bond acceptors (Lipinski definition) is 8. The Morgan fingerprint density at radius 1 is 1.14 bits per heavy atom. The smallest absolute Gasteiger partial charge is 0.250 e. The zero-order chi connectivity index (χ0) is 35.7. The number of ether oxygens (including phenoxy) is 2. The van der Waals surface area contributed by atoms with Gasteiger partial charge >= 0.3 is 0 Å². The molecule has 50 heavy (non-hydrogen) atoms. The van der Waals surface area contributed by atoms with Gasteiger partial charge in [-0.15, -0.1) is 18.3 Å². The zero-order valence-corrected chi connectivity index (χ0v) is 30.3. The minimum Gasteiger partial charge on any atom is -0.494 e. The molecule has 3 aromatic rings. The predicted molar refractivity (Wildman–Crippen MR) is 192 cm³/mol. The Labute approximate surface area is 300 Å². The van der Waals surface area contributed by atoms with Crippen LogP contribution in [0.1, 0.15) is 33.6 Å². The normalized spacial score (nSPS) is 26.5. The van der Waals surface area contributed by atoms with Gasteiger partial charge in [-0.3, -0.25) is 14.4 Å². The van der Waals surface area contributed by atoms with E-state index in [0.717, 1.165) is 5.52 Å². The van der Waals surface area contributed by atoms with E-state index in [2.05, 4.69) is 39.4 Å². The largest absolute Gasteiger partial charge is 0.494 e. The first-order valence-electron chi connectivity index (χ1n) is 17.2. The molecule has 0 saturated carbocycles. The van der Waals surface area contributed by atoms with Crippen LogP contribution in [-0.4, -0.2) is 103 Å². The molecule has 12 nitrogen and oxygen atoms in total. The van der Waals surface area contributed by atoms with Crippen LogP contribution >= 0.6 is 15.9 Å². The SMILES string of the molecule is C=CCN(Cn1nnc2ccccc21)C(=O)C1N([C@@H](CO)[C@@H](C)CC)C(=O)[C@@H]2[C@H](C(=O)N(CC=C)c3ccc(OCC)cc3)[C@H]3OC12CC3Br. The van der Waals surface area contributed by atoms with Crippen LogP contribution in [-0.2, 0) is 25.8 Å². The summed E-state index contributed by atoms with van der Waals surface area (Å²) in [5, 5.41) is 19.4. The number of carbonyl (C=O) groups excluding carboxylic acids is 3. The third-order valence-electron chi connectivity index (χ3n) is 10.5. The maximum Gasteiger partial charge on any atom is 0.250 e. The number of carbonyl (C=O) groups is 3. The van der Waals surface area contributed by atoms with Gasteiger partial charge in [0.05, 0.1) is 42.7 Å². The Hall–Kier alpha value is -4.07. The highest BCUT2D eigenvalue weighted by Gasteiger charge is 2.77. The maximum absolute atomic E-state index is 15.1. The van der Waals surface area contributed by atoms with Crippen LogP contribution in [0.5, 0.6) is 5.75 Å². The van der Waals surface area contributed by atoms with Crippen molar-refractivity contribution in [3.05, 3.63) is 73.8 Å². The van der Waals surface area contributed by atoms with Gasteiger partial charge < -0.3 is 29.3 Å². The van der Waals surface area contributed by atoms with Crippen molar-refractivity contribution in [1.82, 2.24) is 24.8 Å². The van der Waals surface area contributed by atoms with Crippen molar-refractivity contribution in [3.8, 4) is 5.75 Å². The van der Waals surface area contributed by atoms with Crippen LogP contribution in [0.15, 0.2) is 73.8 Å². The van der Waals surface area contributed by atoms with Gasteiger partial charge in [-0.25, -0.2) is 4.68 Å². The average Bonchev–Trinajstić information content (AvgIpc) is 3.84. The molecule has 2 bridgehead atoms. The van der Waals surface area contributed by atoms with E-state index in [1.165, 1.54) is 4.90 Å². The van der Waals surface area contributed by atoms with E-state index >= 15 is 4.79 Å². The van der Waals surface area contributed by atoms with Crippen molar-refractivity contribution in [2.75, 3.05) is 31.2 Å². The minimum atomic E-state index is -1.32. The van der Waals surface area contributed by atoms with E-state index in [4.69, 9.17) is 9.47 Å². The van der Waals surface area contributed by atoms with Gasteiger partial charge in [-0.1, -0.05) is 65.7 Å². The molecule has 2 aromatic carbocycles. The molecule has 1 spiro atoms. The quantitative estimate of drug-likeness (QED) is 0.181. The van der Waals surface area contributed by atoms with Gasteiger partial charge in [0.2, 0.25) is 17.7 Å². The Balaban J connectivity index is 1.42. The fraction of sp³-hybridized carbons (Fsp3) is 0.486. The van der Waals surface area contributed by atoms with E-state index in [1.807, 2.05) is 57.2 Å². The molecule has 13 heteroatoms. The second-order valence-electron chi connectivity index (χ2n) is 13.3. The summed E-state index contributed by atoms with van der Waals surface area (Å²) in [7, 11) is 0. The lowest BCUT2D eigenvalue weighted by molar-refractivity contribution is -0.153. The standard InChI is InChI=1S/C37H45BrN6O6/c1-6-18-41(22-43-28-13-11-10-12-27(28)39-40-43)36(48)33-37-20-26(38)32(50-37)30(31(37)35(47)44(33)29(21-45)23(5)8-3)34(46)42(19-7-2)24-14-16-25(17-15-24)49-9-4/h6-7,10-17,23,26,29-33,45H,1-2,8-9,18-22H2,3-5H3/t23-,26?,29-,30-,31-,32-,33?,37?/m0/s1. The van der Waals surface area contributed by atoms with Crippen molar-refractivity contribution in [2.24, 2.45) is 17.8 Å². The number of likely N-dealkylation sites (tertiary alicyclic amines) is 1. The highest BCUT2D eigenvalue weighted by Crippen LogP contribution is 2.61. The van der Waals surface area contributed by atoms with Gasteiger partial charge in [-0.2, -0.15) is 0 Å². The molecule has 3 aliphatic heterocycles. The second-order valence-corrected chi connectivity index (χ2v) is 14.5. The molecule has 3 saturated heterocycles. The number of rotatable bonds is 15. The van der Waals surface area contributed by atoms with Gasteiger partial charge in [0, 0.05) is 23.6 Å². The van der Waals surface area contributed by atoms with Crippen molar-refractivity contribution in [1.29, 1.82) is 0 Å². The Kier molecular flexibility index (Phi) is 10.5. The van der Waals surface area contributed by atoms with Gasteiger partial charge in [0.25, 0.3) is 0 Å². The summed E-state index contributed by atoms with van der Waals surface area (Å²) in [5.74, 6) is -2.34. The number of halogens is 1. The third kappa shape index (κ3) is 5.92. The number of amides is 3. The number of aromatic nitrogens is 3. The fourth-order valence-electron chi connectivity index (χ4n) is 8.05. The van der Waals surface area contributed by atoms with E-state index in [-0.39, 0.29) is 54.8 Å². The Bertz CT molecular complexity index is 1750. The lowest BCUT2D eigenvalue weighted by Crippen LogP contribution is -2.60. The summed E-state index contributed by atoms with van der Waals surface area (Å²) in [6.07, 6.45) is 3.61. The number of alkyl halides is 1. The first-order valence-corrected chi connectivity index (χ1v) is 18.1. The van der Waals surface area contributed by atoms with Crippen LogP contribution < -0.4 is 9.64 Å². The number of aliphatic hydroxyl groups is 1. The number of benzene rings is 2. The second kappa shape index (κ2) is 14.7. The summed E-state index contributed by atoms with van der Waals surface area (Å²) in [4.78, 5) is 49.2.